The predicted molar refractivity (Wildman–Crippen MR) is 59.9 cm³/mol. The minimum absolute atomic E-state index is 0.0130. The number of nitrogens with zero attached hydrogens (tertiary/aromatic N) is 1. The zero-order valence-electron chi connectivity index (χ0n) is 8.44. The lowest BCUT2D eigenvalue weighted by Crippen LogP contribution is -2.51. The number of amides is 2. The molecular weight excluding hydrogens is 214 g/mol. The second-order valence-electron chi connectivity index (χ2n) is 3.64. The molecule has 15 heavy (non-hydrogen) atoms. The first-order valence-corrected chi connectivity index (χ1v) is 5.30. The smallest absolute Gasteiger partial charge is 0.240 e. The Bertz CT molecular complexity index is 293. The summed E-state index contributed by atoms with van der Waals surface area (Å²) in [7, 11) is 0. The molecule has 1 unspecified atom stereocenters. The van der Waals surface area contributed by atoms with Gasteiger partial charge in [-0.25, -0.2) is 0 Å². The van der Waals surface area contributed by atoms with E-state index in [-0.39, 0.29) is 17.3 Å². The third-order valence-corrected chi connectivity index (χ3v) is 2.62. The largest absolute Gasteiger partial charge is 0.393 e. The molecule has 0 bridgehead atoms. The Morgan fingerprint density at radius 1 is 1.33 bits per heavy atom. The number of thiocarbonyl (C=S) groups is 1. The van der Waals surface area contributed by atoms with Gasteiger partial charge < -0.3 is 16.4 Å². The number of primary amides is 1. The Morgan fingerprint density at radius 3 is 2.53 bits per heavy atom. The molecule has 1 aliphatic heterocycles. The van der Waals surface area contributed by atoms with Crippen LogP contribution < -0.4 is 11.5 Å². The molecular formula is C9H15N3O2S. The fourth-order valence-electron chi connectivity index (χ4n) is 1.78. The second kappa shape index (κ2) is 5.06. The summed E-state index contributed by atoms with van der Waals surface area (Å²) in [6.45, 7) is 0.565. The van der Waals surface area contributed by atoms with Crippen molar-refractivity contribution in [1.82, 2.24) is 4.90 Å². The average molecular weight is 229 g/mol. The average Bonchev–Trinajstić information content (AvgIpc) is 2.16. The van der Waals surface area contributed by atoms with Crippen LogP contribution in [0.25, 0.3) is 0 Å². The summed E-state index contributed by atoms with van der Waals surface area (Å²) in [5, 5.41) is 0. The van der Waals surface area contributed by atoms with Crippen LogP contribution in [0, 0.1) is 0 Å². The van der Waals surface area contributed by atoms with Crippen LogP contribution in [-0.2, 0) is 9.59 Å². The van der Waals surface area contributed by atoms with E-state index in [9.17, 15) is 9.59 Å². The molecule has 5 nitrogen and oxygen atoms in total. The summed E-state index contributed by atoms with van der Waals surface area (Å²) in [6, 6.07) is -0.486. The lowest BCUT2D eigenvalue weighted by atomic mass is 10.0. The van der Waals surface area contributed by atoms with Crippen molar-refractivity contribution in [2.24, 2.45) is 11.5 Å². The lowest BCUT2D eigenvalue weighted by molar-refractivity contribution is -0.140. The van der Waals surface area contributed by atoms with Crippen molar-refractivity contribution < 1.29 is 9.59 Å². The van der Waals surface area contributed by atoms with Gasteiger partial charge in [-0.1, -0.05) is 12.2 Å². The second-order valence-corrected chi connectivity index (χ2v) is 4.17. The molecule has 0 spiro atoms. The maximum atomic E-state index is 11.7. The highest BCUT2D eigenvalue weighted by atomic mass is 32.1. The molecule has 6 heteroatoms. The Hall–Kier alpha value is -1.17. The van der Waals surface area contributed by atoms with Crippen LogP contribution >= 0.6 is 12.2 Å². The SMILES string of the molecule is NC(=O)C1CCCCN1C(=O)CC(N)=S. The molecule has 0 aromatic heterocycles. The van der Waals surface area contributed by atoms with Gasteiger partial charge in [0, 0.05) is 6.54 Å². The number of rotatable bonds is 3. The number of hydrogen-bond donors (Lipinski definition) is 2. The van der Waals surface area contributed by atoms with Crippen molar-refractivity contribution in [3.05, 3.63) is 0 Å². The third-order valence-electron chi connectivity index (χ3n) is 2.48. The molecule has 0 aliphatic carbocycles. The van der Waals surface area contributed by atoms with Crippen LogP contribution in [0.2, 0.25) is 0 Å². The summed E-state index contributed by atoms with van der Waals surface area (Å²) >= 11 is 4.66. The first-order valence-electron chi connectivity index (χ1n) is 4.89. The zero-order valence-corrected chi connectivity index (χ0v) is 9.26. The van der Waals surface area contributed by atoms with Gasteiger partial charge in [0.1, 0.15) is 6.04 Å². The molecule has 1 aliphatic rings. The summed E-state index contributed by atoms with van der Waals surface area (Å²) < 4.78 is 0. The van der Waals surface area contributed by atoms with Crippen LogP contribution in [0.1, 0.15) is 25.7 Å². The normalized spacial score (nSPS) is 21.1. The number of likely N-dealkylation sites (tertiary alicyclic amines) is 1. The van der Waals surface area contributed by atoms with Crippen LogP contribution in [0.5, 0.6) is 0 Å². The molecule has 4 N–H and O–H groups in total. The number of carbonyl (C=O) groups is 2. The van der Waals surface area contributed by atoms with Gasteiger partial charge in [0.2, 0.25) is 11.8 Å². The van der Waals surface area contributed by atoms with E-state index in [4.69, 9.17) is 11.5 Å². The Balaban J connectivity index is 2.67. The third kappa shape index (κ3) is 3.16. The minimum atomic E-state index is -0.486. The molecule has 1 saturated heterocycles. The van der Waals surface area contributed by atoms with Crippen molar-refractivity contribution in [2.75, 3.05) is 6.54 Å². The Labute approximate surface area is 93.8 Å². The standard InChI is InChI=1S/C9H15N3O2S/c10-7(15)5-8(13)12-4-2-1-3-6(12)9(11)14/h6H,1-5H2,(H2,10,15)(H2,11,14). The minimum Gasteiger partial charge on any atom is -0.393 e. The highest BCUT2D eigenvalue weighted by Gasteiger charge is 2.30. The van der Waals surface area contributed by atoms with Crippen LogP contribution in [0.3, 0.4) is 0 Å². The quantitative estimate of drug-likeness (QED) is 0.640. The van der Waals surface area contributed by atoms with Gasteiger partial charge in [0.15, 0.2) is 0 Å². The zero-order chi connectivity index (χ0) is 11.4. The maximum Gasteiger partial charge on any atom is 0.240 e. The van der Waals surface area contributed by atoms with E-state index in [2.05, 4.69) is 12.2 Å². The van der Waals surface area contributed by atoms with Gasteiger partial charge >= 0.3 is 0 Å². The molecule has 1 fully saturated rings. The topological polar surface area (TPSA) is 89.4 Å². The molecule has 1 atom stereocenters. The number of nitrogens with two attached hydrogens (primary N) is 2. The summed E-state index contributed by atoms with van der Waals surface area (Å²) in [5.74, 6) is -0.656. The van der Waals surface area contributed by atoms with E-state index in [1.165, 1.54) is 4.90 Å². The lowest BCUT2D eigenvalue weighted by Gasteiger charge is -2.33. The summed E-state index contributed by atoms with van der Waals surface area (Å²) in [6.07, 6.45) is 2.47. The van der Waals surface area contributed by atoms with E-state index in [0.717, 1.165) is 12.8 Å². The predicted octanol–water partition coefficient (Wildman–Crippen LogP) is -0.471. The number of hydrogen-bond acceptors (Lipinski definition) is 3. The highest BCUT2D eigenvalue weighted by molar-refractivity contribution is 7.80. The van der Waals surface area contributed by atoms with Crippen LogP contribution in [0.15, 0.2) is 0 Å². The maximum absolute atomic E-state index is 11.7. The first kappa shape index (κ1) is 11.9. The van der Waals surface area contributed by atoms with Crippen LogP contribution in [0.4, 0.5) is 0 Å². The summed E-state index contributed by atoms with van der Waals surface area (Å²) in [5.41, 5.74) is 10.5. The molecule has 0 saturated carbocycles. The van der Waals surface area contributed by atoms with E-state index >= 15 is 0 Å². The molecule has 0 aromatic carbocycles. The van der Waals surface area contributed by atoms with Gasteiger partial charge in [-0.15, -0.1) is 0 Å². The van der Waals surface area contributed by atoms with E-state index < -0.39 is 11.9 Å². The molecule has 1 heterocycles. The molecule has 2 amide bonds. The van der Waals surface area contributed by atoms with Gasteiger partial charge in [-0.3, -0.25) is 9.59 Å². The van der Waals surface area contributed by atoms with Crippen molar-refractivity contribution >= 4 is 29.0 Å². The number of piperidine rings is 1. The van der Waals surface area contributed by atoms with E-state index in [1.54, 1.807) is 0 Å². The molecule has 84 valence electrons. The van der Waals surface area contributed by atoms with Crippen molar-refractivity contribution in [3.8, 4) is 0 Å². The van der Waals surface area contributed by atoms with Gasteiger partial charge in [-0.05, 0) is 19.3 Å². The van der Waals surface area contributed by atoms with Crippen LogP contribution in [-0.4, -0.2) is 34.3 Å². The summed E-state index contributed by atoms with van der Waals surface area (Å²) in [4.78, 5) is 24.4. The fraction of sp³-hybridized carbons (Fsp3) is 0.667. The van der Waals surface area contributed by atoms with Crippen molar-refractivity contribution in [3.63, 3.8) is 0 Å². The monoisotopic (exact) mass is 229 g/mol. The number of carbonyl (C=O) groups excluding carboxylic acids is 2. The molecule has 1 rings (SSSR count). The van der Waals surface area contributed by atoms with E-state index in [0.29, 0.717) is 13.0 Å². The molecule has 0 aromatic rings. The Morgan fingerprint density at radius 2 is 2.00 bits per heavy atom. The fourth-order valence-corrected chi connectivity index (χ4v) is 1.90. The Kier molecular flexibility index (Phi) is 4.02. The first-order chi connectivity index (χ1) is 7.02. The van der Waals surface area contributed by atoms with Gasteiger partial charge in [-0.2, -0.15) is 0 Å². The van der Waals surface area contributed by atoms with Crippen molar-refractivity contribution in [2.45, 2.75) is 31.7 Å². The van der Waals surface area contributed by atoms with Gasteiger partial charge in [0.25, 0.3) is 0 Å². The molecule has 0 radical (unpaired) electrons. The highest BCUT2D eigenvalue weighted by Crippen LogP contribution is 2.17. The van der Waals surface area contributed by atoms with Gasteiger partial charge in [0.05, 0.1) is 11.4 Å². The van der Waals surface area contributed by atoms with E-state index in [1.807, 2.05) is 0 Å². The van der Waals surface area contributed by atoms with Crippen molar-refractivity contribution in [1.29, 1.82) is 0 Å².